The van der Waals surface area contributed by atoms with E-state index in [9.17, 15) is 0 Å². The first-order valence-electron chi connectivity index (χ1n) is 3.88. The van der Waals surface area contributed by atoms with Crippen LogP contribution < -0.4 is 5.73 Å². The summed E-state index contributed by atoms with van der Waals surface area (Å²) in [6, 6.07) is 5.58. The van der Waals surface area contributed by atoms with Crippen LogP contribution in [0.5, 0.6) is 0 Å². The number of rotatable bonds is 1. The van der Waals surface area contributed by atoms with Crippen LogP contribution in [0.4, 0.5) is 5.82 Å². The molecule has 0 amide bonds. The molecule has 0 aliphatic rings. The highest BCUT2D eigenvalue weighted by Crippen LogP contribution is 2.09. The summed E-state index contributed by atoms with van der Waals surface area (Å²) in [6.07, 6.45) is 1.70. The van der Waals surface area contributed by atoms with Gasteiger partial charge in [-0.25, -0.2) is 4.98 Å². The van der Waals surface area contributed by atoms with Crippen molar-refractivity contribution >= 4 is 5.82 Å². The van der Waals surface area contributed by atoms with E-state index < -0.39 is 0 Å². The molecule has 2 aromatic rings. The van der Waals surface area contributed by atoms with Crippen LogP contribution in [-0.4, -0.2) is 20.0 Å². The van der Waals surface area contributed by atoms with Crippen molar-refractivity contribution in [3.05, 3.63) is 30.1 Å². The zero-order valence-corrected chi connectivity index (χ0v) is 7.18. The van der Waals surface area contributed by atoms with Crippen molar-refractivity contribution in [1.29, 1.82) is 0 Å². The maximum absolute atomic E-state index is 5.56. The normalized spacial score (nSPS) is 10.2. The molecular formula is C8H9N5. The van der Waals surface area contributed by atoms with Gasteiger partial charge in [0.2, 0.25) is 0 Å². The van der Waals surface area contributed by atoms with Crippen molar-refractivity contribution in [3.8, 4) is 5.82 Å². The van der Waals surface area contributed by atoms with Crippen molar-refractivity contribution in [3.63, 3.8) is 0 Å². The highest BCUT2D eigenvalue weighted by atomic mass is 15.5. The Labute approximate surface area is 75.2 Å². The van der Waals surface area contributed by atoms with Gasteiger partial charge in [-0.05, 0) is 19.1 Å². The molecule has 0 spiro atoms. The van der Waals surface area contributed by atoms with E-state index >= 15 is 0 Å². The number of hydrogen-bond donors (Lipinski definition) is 1. The first-order chi connectivity index (χ1) is 6.29. The van der Waals surface area contributed by atoms with Gasteiger partial charge in [-0.15, -0.1) is 5.10 Å². The van der Waals surface area contributed by atoms with Gasteiger partial charge in [0.25, 0.3) is 0 Å². The lowest BCUT2D eigenvalue weighted by molar-refractivity contribution is 0.764. The highest BCUT2D eigenvalue weighted by Gasteiger charge is 2.06. The minimum atomic E-state index is 0.436. The number of hydrogen-bond acceptors (Lipinski definition) is 4. The Kier molecular flexibility index (Phi) is 1.70. The number of nitrogen functional groups attached to an aromatic ring is 1. The standard InChI is InChI=1S/C8H9N5/c1-6-8(9)11-12-13(6)7-4-2-3-5-10-7/h2-5H,9H2,1H3. The van der Waals surface area contributed by atoms with Gasteiger partial charge in [-0.2, -0.15) is 4.68 Å². The molecule has 2 rings (SSSR count). The maximum Gasteiger partial charge on any atom is 0.169 e. The fraction of sp³-hybridized carbons (Fsp3) is 0.125. The van der Waals surface area contributed by atoms with E-state index in [0.717, 1.165) is 11.5 Å². The molecule has 0 radical (unpaired) electrons. The summed E-state index contributed by atoms with van der Waals surface area (Å²) in [4.78, 5) is 4.13. The molecule has 0 bridgehead atoms. The van der Waals surface area contributed by atoms with E-state index in [2.05, 4.69) is 15.3 Å². The minimum Gasteiger partial charge on any atom is -0.381 e. The van der Waals surface area contributed by atoms with E-state index in [-0.39, 0.29) is 0 Å². The number of nitrogens with zero attached hydrogens (tertiary/aromatic N) is 4. The van der Waals surface area contributed by atoms with Crippen molar-refractivity contribution < 1.29 is 0 Å². The molecule has 0 saturated carbocycles. The summed E-state index contributed by atoms with van der Waals surface area (Å²) >= 11 is 0. The van der Waals surface area contributed by atoms with Crippen LogP contribution >= 0.6 is 0 Å². The number of nitrogens with two attached hydrogens (primary N) is 1. The fourth-order valence-corrected chi connectivity index (χ4v) is 1.04. The predicted octanol–water partition coefficient (Wildman–Crippen LogP) is 0.553. The molecule has 0 fully saturated rings. The molecule has 66 valence electrons. The largest absolute Gasteiger partial charge is 0.381 e. The van der Waals surface area contributed by atoms with Crippen molar-refractivity contribution in [2.24, 2.45) is 0 Å². The average Bonchev–Trinajstić information content (AvgIpc) is 2.49. The zero-order valence-electron chi connectivity index (χ0n) is 7.18. The van der Waals surface area contributed by atoms with Crippen LogP contribution in [0.15, 0.2) is 24.4 Å². The Morgan fingerprint density at radius 1 is 1.38 bits per heavy atom. The summed E-state index contributed by atoms with van der Waals surface area (Å²) in [6.45, 7) is 1.85. The molecule has 0 aliphatic carbocycles. The Morgan fingerprint density at radius 2 is 2.23 bits per heavy atom. The zero-order chi connectivity index (χ0) is 9.26. The van der Waals surface area contributed by atoms with Crippen LogP contribution in [0.1, 0.15) is 5.69 Å². The first-order valence-corrected chi connectivity index (χ1v) is 3.88. The summed E-state index contributed by atoms with van der Waals surface area (Å²) in [5.41, 5.74) is 6.36. The maximum atomic E-state index is 5.56. The smallest absolute Gasteiger partial charge is 0.169 e. The third-order valence-electron chi connectivity index (χ3n) is 1.80. The van der Waals surface area contributed by atoms with Crippen LogP contribution in [0.2, 0.25) is 0 Å². The van der Waals surface area contributed by atoms with Crippen LogP contribution in [-0.2, 0) is 0 Å². The van der Waals surface area contributed by atoms with Gasteiger partial charge in [0, 0.05) is 6.20 Å². The third kappa shape index (κ3) is 1.24. The van der Waals surface area contributed by atoms with Gasteiger partial charge in [-0.3, -0.25) is 0 Å². The molecule has 0 aromatic carbocycles. The van der Waals surface area contributed by atoms with Crippen molar-refractivity contribution in [1.82, 2.24) is 20.0 Å². The summed E-state index contributed by atoms with van der Waals surface area (Å²) in [5, 5.41) is 7.61. The lowest BCUT2D eigenvalue weighted by Crippen LogP contribution is -2.01. The highest BCUT2D eigenvalue weighted by molar-refractivity contribution is 5.36. The second-order valence-electron chi connectivity index (χ2n) is 2.66. The molecule has 2 N–H and O–H groups in total. The van der Waals surface area contributed by atoms with E-state index in [4.69, 9.17) is 5.73 Å². The SMILES string of the molecule is Cc1c(N)nnn1-c1ccccn1. The van der Waals surface area contributed by atoms with Gasteiger partial charge in [-0.1, -0.05) is 11.3 Å². The van der Waals surface area contributed by atoms with Crippen LogP contribution in [0.25, 0.3) is 5.82 Å². The van der Waals surface area contributed by atoms with Crippen LogP contribution in [0.3, 0.4) is 0 Å². The topological polar surface area (TPSA) is 69.6 Å². The predicted molar refractivity (Wildman–Crippen MR) is 48.3 cm³/mol. The third-order valence-corrected chi connectivity index (χ3v) is 1.80. The Bertz CT molecular complexity index is 406. The Hall–Kier alpha value is -1.91. The van der Waals surface area contributed by atoms with Gasteiger partial charge in [0.1, 0.15) is 0 Å². The number of anilines is 1. The van der Waals surface area contributed by atoms with Gasteiger partial charge in [0.15, 0.2) is 11.6 Å². The number of aromatic nitrogens is 4. The van der Waals surface area contributed by atoms with Gasteiger partial charge < -0.3 is 5.73 Å². The monoisotopic (exact) mass is 175 g/mol. The molecule has 13 heavy (non-hydrogen) atoms. The minimum absolute atomic E-state index is 0.436. The van der Waals surface area contributed by atoms with Crippen molar-refractivity contribution in [2.45, 2.75) is 6.92 Å². The van der Waals surface area contributed by atoms with E-state index in [1.807, 2.05) is 25.1 Å². The Balaban J connectivity index is 2.53. The van der Waals surface area contributed by atoms with E-state index in [1.165, 1.54) is 0 Å². The van der Waals surface area contributed by atoms with E-state index in [0.29, 0.717) is 5.82 Å². The first kappa shape index (κ1) is 7.72. The van der Waals surface area contributed by atoms with Gasteiger partial charge in [0.05, 0.1) is 5.69 Å². The molecule has 0 saturated heterocycles. The average molecular weight is 175 g/mol. The molecule has 5 heteroatoms. The lowest BCUT2D eigenvalue weighted by atomic mass is 10.4. The fourth-order valence-electron chi connectivity index (χ4n) is 1.04. The summed E-state index contributed by atoms with van der Waals surface area (Å²) in [7, 11) is 0. The number of pyridine rings is 1. The molecule has 0 unspecified atom stereocenters. The van der Waals surface area contributed by atoms with Gasteiger partial charge >= 0.3 is 0 Å². The summed E-state index contributed by atoms with van der Waals surface area (Å²) in [5.74, 6) is 1.16. The van der Waals surface area contributed by atoms with Crippen LogP contribution in [0, 0.1) is 6.92 Å². The van der Waals surface area contributed by atoms with Crippen molar-refractivity contribution in [2.75, 3.05) is 5.73 Å². The molecule has 0 aliphatic heterocycles. The molecule has 2 aromatic heterocycles. The lowest BCUT2D eigenvalue weighted by Gasteiger charge is -1.99. The van der Waals surface area contributed by atoms with E-state index in [1.54, 1.807) is 10.9 Å². The second kappa shape index (κ2) is 2.85. The molecule has 0 atom stereocenters. The Morgan fingerprint density at radius 3 is 2.77 bits per heavy atom. The molecule has 5 nitrogen and oxygen atoms in total. The summed E-state index contributed by atoms with van der Waals surface area (Å²) < 4.78 is 1.61. The molecule has 2 heterocycles. The molecular weight excluding hydrogens is 166 g/mol. The quantitative estimate of drug-likeness (QED) is 0.687. The second-order valence-corrected chi connectivity index (χ2v) is 2.66.